The van der Waals surface area contributed by atoms with Gasteiger partial charge in [0, 0.05) is 18.0 Å². The van der Waals surface area contributed by atoms with E-state index >= 15 is 0 Å². The van der Waals surface area contributed by atoms with Gasteiger partial charge in [-0.05, 0) is 31.5 Å². The number of aromatic nitrogens is 2. The van der Waals surface area contributed by atoms with E-state index in [2.05, 4.69) is 23.3 Å². The molecule has 1 heterocycles. The minimum Gasteiger partial charge on any atom is -0.324 e. The van der Waals surface area contributed by atoms with Crippen molar-refractivity contribution < 1.29 is 0 Å². The van der Waals surface area contributed by atoms with E-state index in [4.69, 9.17) is 5.73 Å². The Bertz CT molecular complexity index is 517. The molecule has 90 valence electrons. The second-order valence-electron chi connectivity index (χ2n) is 4.18. The first-order chi connectivity index (χ1) is 8.08. The van der Waals surface area contributed by atoms with Gasteiger partial charge in [-0.15, -0.1) is 0 Å². The molecule has 2 N–H and O–H groups in total. The SMILES string of the molecule is Cc1cc(Sc2ccccc2[C@@H](C)N)n(C)n1. The summed E-state index contributed by atoms with van der Waals surface area (Å²) in [5.74, 6) is 0. The lowest BCUT2D eigenvalue weighted by Gasteiger charge is -2.11. The molecular formula is C13H17N3S. The van der Waals surface area contributed by atoms with E-state index in [1.165, 1.54) is 10.5 Å². The zero-order valence-electron chi connectivity index (χ0n) is 10.3. The van der Waals surface area contributed by atoms with Crippen molar-refractivity contribution in [1.29, 1.82) is 0 Å². The van der Waals surface area contributed by atoms with Crippen molar-refractivity contribution in [2.45, 2.75) is 29.8 Å². The molecular weight excluding hydrogens is 230 g/mol. The smallest absolute Gasteiger partial charge is 0.0987 e. The highest BCUT2D eigenvalue weighted by Crippen LogP contribution is 2.32. The number of rotatable bonds is 3. The Morgan fingerprint density at radius 2 is 2.06 bits per heavy atom. The van der Waals surface area contributed by atoms with Crippen LogP contribution >= 0.6 is 11.8 Å². The summed E-state index contributed by atoms with van der Waals surface area (Å²) in [6.45, 7) is 4.01. The third-order valence-corrected chi connectivity index (χ3v) is 3.77. The monoisotopic (exact) mass is 247 g/mol. The summed E-state index contributed by atoms with van der Waals surface area (Å²) in [6, 6.07) is 10.4. The fourth-order valence-electron chi connectivity index (χ4n) is 1.74. The molecule has 3 nitrogen and oxygen atoms in total. The number of nitrogens with zero attached hydrogens (tertiary/aromatic N) is 2. The fraction of sp³-hybridized carbons (Fsp3) is 0.308. The van der Waals surface area contributed by atoms with Gasteiger partial charge in [0.15, 0.2) is 0 Å². The quantitative estimate of drug-likeness (QED) is 0.907. The fourth-order valence-corrected chi connectivity index (χ4v) is 2.89. The maximum atomic E-state index is 5.98. The summed E-state index contributed by atoms with van der Waals surface area (Å²) in [4.78, 5) is 1.20. The first-order valence-corrected chi connectivity index (χ1v) is 6.42. The third kappa shape index (κ3) is 2.70. The van der Waals surface area contributed by atoms with Gasteiger partial charge in [-0.1, -0.05) is 30.0 Å². The molecule has 1 aromatic heterocycles. The molecule has 0 amide bonds. The van der Waals surface area contributed by atoms with Crippen LogP contribution in [0.5, 0.6) is 0 Å². The molecule has 0 aliphatic rings. The standard InChI is InChI=1S/C13H17N3S/c1-9-8-13(16(3)15-9)17-12-7-5-4-6-11(12)10(2)14/h4-8,10H,14H2,1-3H3/t10-/m1/s1. The first-order valence-electron chi connectivity index (χ1n) is 5.61. The molecule has 17 heavy (non-hydrogen) atoms. The molecule has 1 aromatic carbocycles. The Kier molecular flexibility index (Phi) is 3.54. The van der Waals surface area contributed by atoms with Crippen LogP contribution < -0.4 is 5.73 Å². The van der Waals surface area contributed by atoms with E-state index in [0.29, 0.717) is 0 Å². The topological polar surface area (TPSA) is 43.8 Å². The van der Waals surface area contributed by atoms with Crippen LogP contribution in [0.25, 0.3) is 0 Å². The average molecular weight is 247 g/mol. The molecule has 0 saturated heterocycles. The highest BCUT2D eigenvalue weighted by molar-refractivity contribution is 7.99. The second-order valence-corrected chi connectivity index (χ2v) is 5.24. The van der Waals surface area contributed by atoms with E-state index < -0.39 is 0 Å². The minimum atomic E-state index is 0.0491. The summed E-state index contributed by atoms with van der Waals surface area (Å²) in [5.41, 5.74) is 8.19. The number of hydrogen-bond donors (Lipinski definition) is 1. The van der Waals surface area contributed by atoms with Gasteiger partial charge in [0.2, 0.25) is 0 Å². The molecule has 0 saturated carbocycles. The Morgan fingerprint density at radius 3 is 2.65 bits per heavy atom. The van der Waals surface area contributed by atoms with E-state index in [9.17, 15) is 0 Å². The Labute approximate surface area is 106 Å². The van der Waals surface area contributed by atoms with Crippen LogP contribution in [0.3, 0.4) is 0 Å². The van der Waals surface area contributed by atoms with E-state index in [-0.39, 0.29) is 6.04 Å². The minimum absolute atomic E-state index is 0.0491. The molecule has 0 aliphatic carbocycles. The molecule has 4 heteroatoms. The van der Waals surface area contributed by atoms with E-state index in [0.717, 1.165) is 10.7 Å². The maximum Gasteiger partial charge on any atom is 0.0987 e. The van der Waals surface area contributed by atoms with Crippen molar-refractivity contribution in [3.63, 3.8) is 0 Å². The van der Waals surface area contributed by atoms with Crippen molar-refractivity contribution in [2.24, 2.45) is 12.8 Å². The van der Waals surface area contributed by atoms with Crippen LogP contribution in [0.4, 0.5) is 0 Å². The molecule has 0 aliphatic heterocycles. The molecule has 2 aromatic rings. The lowest BCUT2D eigenvalue weighted by Crippen LogP contribution is -2.06. The molecule has 0 spiro atoms. The highest BCUT2D eigenvalue weighted by atomic mass is 32.2. The van der Waals surface area contributed by atoms with Crippen molar-refractivity contribution in [3.05, 3.63) is 41.6 Å². The van der Waals surface area contributed by atoms with Crippen LogP contribution in [-0.2, 0) is 7.05 Å². The number of nitrogens with two attached hydrogens (primary N) is 1. The molecule has 0 bridgehead atoms. The summed E-state index contributed by atoms with van der Waals surface area (Å²) in [6.07, 6.45) is 0. The van der Waals surface area contributed by atoms with Gasteiger partial charge in [-0.25, -0.2) is 0 Å². The van der Waals surface area contributed by atoms with Gasteiger partial charge in [-0.3, -0.25) is 4.68 Å². The van der Waals surface area contributed by atoms with Crippen molar-refractivity contribution in [3.8, 4) is 0 Å². The predicted molar refractivity (Wildman–Crippen MR) is 71.1 cm³/mol. The molecule has 1 atom stereocenters. The van der Waals surface area contributed by atoms with Crippen molar-refractivity contribution in [1.82, 2.24) is 9.78 Å². The largest absolute Gasteiger partial charge is 0.324 e. The highest BCUT2D eigenvalue weighted by Gasteiger charge is 2.10. The molecule has 2 rings (SSSR count). The first kappa shape index (κ1) is 12.2. The van der Waals surface area contributed by atoms with Crippen molar-refractivity contribution >= 4 is 11.8 Å². The van der Waals surface area contributed by atoms with Gasteiger partial charge < -0.3 is 5.73 Å². The van der Waals surface area contributed by atoms with Gasteiger partial charge in [0.05, 0.1) is 10.7 Å². The third-order valence-electron chi connectivity index (χ3n) is 2.58. The molecule has 0 radical (unpaired) electrons. The Morgan fingerprint density at radius 1 is 1.35 bits per heavy atom. The van der Waals surface area contributed by atoms with Crippen LogP contribution in [0, 0.1) is 6.92 Å². The van der Waals surface area contributed by atoms with Crippen LogP contribution in [-0.4, -0.2) is 9.78 Å². The second kappa shape index (κ2) is 4.94. The normalized spacial score (nSPS) is 12.7. The average Bonchev–Trinajstić information content (AvgIpc) is 2.58. The summed E-state index contributed by atoms with van der Waals surface area (Å²) in [5, 5.41) is 5.48. The Balaban J connectivity index is 2.33. The van der Waals surface area contributed by atoms with Gasteiger partial charge in [-0.2, -0.15) is 5.10 Å². The van der Waals surface area contributed by atoms with Gasteiger partial charge in [0.25, 0.3) is 0 Å². The zero-order valence-corrected chi connectivity index (χ0v) is 11.2. The van der Waals surface area contributed by atoms with Crippen molar-refractivity contribution in [2.75, 3.05) is 0 Å². The van der Waals surface area contributed by atoms with Gasteiger partial charge >= 0.3 is 0 Å². The number of hydrogen-bond acceptors (Lipinski definition) is 3. The van der Waals surface area contributed by atoms with Crippen LogP contribution in [0.1, 0.15) is 24.2 Å². The van der Waals surface area contributed by atoms with Crippen LogP contribution in [0.15, 0.2) is 40.3 Å². The van der Waals surface area contributed by atoms with E-state index in [1.54, 1.807) is 11.8 Å². The number of benzene rings is 1. The molecule has 0 fully saturated rings. The van der Waals surface area contributed by atoms with E-state index in [1.807, 2.05) is 37.7 Å². The Hall–Kier alpha value is -1.26. The van der Waals surface area contributed by atoms with Gasteiger partial charge in [0.1, 0.15) is 0 Å². The zero-order chi connectivity index (χ0) is 12.4. The molecule has 0 unspecified atom stereocenters. The predicted octanol–water partition coefficient (Wildman–Crippen LogP) is 2.90. The lowest BCUT2D eigenvalue weighted by molar-refractivity contribution is 0.692. The summed E-state index contributed by atoms with van der Waals surface area (Å²) < 4.78 is 1.90. The summed E-state index contributed by atoms with van der Waals surface area (Å²) in [7, 11) is 1.96. The van der Waals surface area contributed by atoms with Crippen LogP contribution in [0.2, 0.25) is 0 Å². The number of aryl methyl sites for hydroxylation is 2. The maximum absolute atomic E-state index is 5.98. The lowest BCUT2D eigenvalue weighted by atomic mass is 10.1. The summed E-state index contributed by atoms with van der Waals surface area (Å²) >= 11 is 1.71.